The zero-order valence-corrected chi connectivity index (χ0v) is 26.6. The van der Waals surface area contributed by atoms with Crippen molar-refractivity contribution in [1.29, 1.82) is 0 Å². The first kappa shape index (κ1) is 33.0. The lowest BCUT2D eigenvalue weighted by molar-refractivity contribution is -0.140. The van der Waals surface area contributed by atoms with Gasteiger partial charge in [0.2, 0.25) is 11.8 Å². The second-order valence-corrected chi connectivity index (χ2v) is 11.2. The molecular weight excluding hydrogens is 564 g/mol. The van der Waals surface area contributed by atoms with Gasteiger partial charge in [-0.15, -0.1) is 0 Å². The van der Waals surface area contributed by atoms with Crippen molar-refractivity contribution in [1.82, 2.24) is 15.1 Å². The zero-order chi connectivity index (χ0) is 32.6. The van der Waals surface area contributed by atoms with E-state index in [0.717, 1.165) is 22.3 Å². The number of nitrogens with two attached hydrogens (primary N) is 1. The van der Waals surface area contributed by atoms with Crippen LogP contribution < -0.4 is 15.8 Å². The molecule has 234 valence electrons. The Morgan fingerprint density at radius 3 is 1.93 bits per heavy atom. The molecule has 4 aromatic rings. The lowest BCUT2D eigenvalue weighted by Gasteiger charge is -2.44. The van der Waals surface area contributed by atoms with Crippen LogP contribution in [0.25, 0.3) is 0 Å². The molecule has 0 heterocycles. The Morgan fingerprint density at radius 1 is 0.844 bits per heavy atom. The number of nitrogens with zero attached hydrogens (tertiary/aromatic N) is 2. The highest BCUT2D eigenvalue weighted by Gasteiger charge is 2.44. The van der Waals surface area contributed by atoms with Crippen LogP contribution in [0.15, 0.2) is 109 Å². The molecule has 0 aliphatic carbocycles. The molecule has 0 fully saturated rings. The van der Waals surface area contributed by atoms with E-state index in [2.05, 4.69) is 5.32 Å². The van der Waals surface area contributed by atoms with E-state index in [0.29, 0.717) is 17.7 Å². The fraction of sp³-hybridized carbons (Fsp3) is 0.270. The van der Waals surface area contributed by atoms with Gasteiger partial charge in [0.05, 0.1) is 13.5 Å². The number of likely N-dealkylation sites (N-methyl/N-ethyl adjacent to an activating group) is 2. The predicted molar refractivity (Wildman–Crippen MR) is 177 cm³/mol. The number of hydrogen-bond acceptors (Lipinski definition) is 5. The molecule has 0 aliphatic heterocycles. The van der Waals surface area contributed by atoms with Crippen LogP contribution in [-0.4, -0.2) is 61.8 Å². The van der Waals surface area contributed by atoms with Gasteiger partial charge in [-0.25, -0.2) is 0 Å². The van der Waals surface area contributed by atoms with Gasteiger partial charge >= 0.3 is 0 Å². The highest BCUT2D eigenvalue weighted by molar-refractivity contribution is 5.96. The summed E-state index contributed by atoms with van der Waals surface area (Å²) in [6.45, 7) is 1.87. The SMILES string of the molecule is CNC(=O)[C@@H](Cc1ccc(OC)cc1)N(C)C(=O)CC(c1ccccc1)(c1ccccc1)N(C)C(=O)c1cccc(C(C)N)c1. The first-order valence-electron chi connectivity index (χ1n) is 15.0. The largest absolute Gasteiger partial charge is 0.497 e. The number of hydrogen-bond donors (Lipinski definition) is 2. The minimum absolute atomic E-state index is 0.108. The quantitative estimate of drug-likeness (QED) is 0.238. The average molecular weight is 607 g/mol. The van der Waals surface area contributed by atoms with E-state index in [-0.39, 0.29) is 30.2 Å². The van der Waals surface area contributed by atoms with Crippen molar-refractivity contribution in [2.24, 2.45) is 5.73 Å². The summed E-state index contributed by atoms with van der Waals surface area (Å²) >= 11 is 0. The first-order chi connectivity index (χ1) is 21.6. The fourth-order valence-electron chi connectivity index (χ4n) is 5.70. The van der Waals surface area contributed by atoms with Crippen molar-refractivity contribution >= 4 is 17.7 Å². The van der Waals surface area contributed by atoms with Crippen LogP contribution in [0.4, 0.5) is 0 Å². The van der Waals surface area contributed by atoms with E-state index >= 15 is 0 Å². The fourth-order valence-corrected chi connectivity index (χ4v) is 5.70. The Bertz CT molecular complexity index is 1550. The van der Waals surface area contributed by atoms with Gasteiger partial charge in [-0.2, -0.15) is 0 Å². The average Bonchev–Trinajstić information content (AvgIpc) is 3.09. The molecule has 0 aliphatic rings. The number of carbonyl (C=O) groups is 3. The van der Waals surface area contributed by atoms with E-state index in [1.54, 1.807) is 45.3 Å². The number of carbonyl (C=O) groups excluding carboxylic acids is 3. The topological polar surface area (TPSA) is 105 Å². The second-order valence-electron chi connectivity index (χ2n) is 11.2. The van der Waals surface area contributed by atoms with Crippen LogP contribution in [0.3, 0.4) is 0 Å². The van der Waals surface area contributed by atoms with Crippen molar-refractivity contribution in [2.45, 2.75) is 37.4 Å². The molecule has 3 N–H and O–H groups in total. The number of amides is 3. The summed E-state index contributed by atoms with van der Waals surface area (Å²) in [5, 5.41) is 2.71. The molecule has 8 heteroatoms. The number of rotatable bonds is 12. The molecule has 4 rings (SSSR count). The third-order valence-electron chi connectivity index (χ3n) is 8.44. The van der Waals surface area contributed by atoms with Crippen molar-refractivity contribution in [3.63, 3.8) is 0 Å². The first-order valence-corrected chi connectivity index (χ1v) is 15.0. The van der Waals surface area contributed by atoms with Crippen molar-refractivity contribution in [3.05, 3.63) is 137 Å². The van der Waals surface area contributed by atoms with E-state index < -0.39 is 11.6 Å². The summed E-state index contributed by atoms with van der Waals surface area (Å²) in [6.07, 6.45) is 0.192. The van der Waals surface area contributed by atoms with Crippen LogP contribution in [0.5, 0.6) is 5.75 Å². The maximum atomic E-state index is 14.4. The van der Waals surface area contributed by atoms with Gasteiger partial charge < -0.3 is 25.6 Å². The molecule has 4 aromatic carbocycles. The third kappa shape index (κ3) is 7.24. The lowest BCUT2D eigenvalue weighted by Crippen LogP contribution is -2.54. The Kier molecular flexibility index (Phi) is 10.8. The smallest absolute Gasteiger partial charge is 0.254 e. The molecule has 0 bridgehead atoms. The van der Waals surface area contributed by atoms with Crippen molar-refractivity contribution < 1.29 is 19.1 Å². The second kappa shape index (κ2) is 14.7. The standard InChI is InChI=1S/C37H42N4O4/c1-26(38)28-13-12-14-29(24-28)36(44)41(4)37(30-15-8-6-9-16-30,31-17-10-7-11-18-31)25-34(42)40(3)33(35(43)39-2)23-27-19-21-32(45-5)22-20-27/h6-22,24,26,33H,23,25,38H2,1-5H3,(H,39,43)/t26?,33-/m1/s1. The van der Waals surface area contributed by atoms with Crippen LogP contribution in [-0.2, 0) is 21.5 Å². The highest BCUT2D eigenvalue weighted by atomic mass is 16.5. The molecule has 0 aromatic heterocycles. The molecule has 2 atom stereocenters. The number of nitrogens with one attached hydrogen (secondary N) is 1. The van der Waals surface area contributed by atoms with E-state index in [1.807, 2.05) is 104 Å². The molecular formula is C37H42N4O4. The van der Waals surface area contributed by atoms with Crippen LogP contribution >= 0.6 is 0 Å². The van der Waals surface area contributed by atoms with Crippen LogP contribution in [0.2, 0.25) is 0 Å². The van der Waals surface area contributed by atoms with E-state index in [1.165, 1.54) is 4.90 Å². The Balaban J connectivity index is 1.80. The van der Waals surface area contributed by atoms with Gasteiger partial charge in [0.1, 0.15) is 17.3 Å². The Hall–Kier alpha value is -4.95. The molecule has 45 heavy (non-hydrogen) atoms. The summed E-state index contributed by atoms with van der Waals surface area (Å²) in [6, 6.07) is 32.7. The van der Waals surface area contributed by atoms with Gasteiger partial charge in [-0.3, -0.25) is 14.4 Å². The molecule has 8 nitrogen and oxygen atoms in total. The minimum Gasteiger partial charge on any atom is -0.497 e. The molecule has 1 unspecified atom stereocenters. The van der Waals surface area contributed by atoms with Crippen molar-refractivity contribution in [3.8, 4) is 5.75 Å². The van der Waals surface area contributed by atoms with Gasteiger partial charge in [0.15, 0.2) is 0 Å². The molecule has 0 saturated heterocycles. The maximum Gasteiger partial charge on any atom is 0.254 e. The Labute approximate surface area is 265 Å². The van der Waals surface area contributed by atoms with Crippen LogP contribution in [0, 0.1) is 0 Å². The third-order valence-corrected chi connectivity index (χ3v) is 8.44. The highest BCUT2D eigenvalue weighted by Crippen LogP contribution is 2.40. The summed E-state index contributed by atoms with van der Waals surface area (Å²) in [5.41, 5.74) is 8.65. The van der Waals surface area contributed by atoms with Crippen LogP contribution in [0.1, 0.15) is 52.0 Å². The number of ether oxygens (including phenoxy) is 1. The Morgan fingerprint density at radius 2 is 1.42 bits per heavy atom. The molecule has 0 radical (unpaired) electrons. The van der Waals surface area contributed by atoms with E-state index in [9.17, 15) is 14.4 Å². The zero-order valence-electron chi connectivity index (χ0n) is 26.6. The summed E-state index contributed by atoms with van der Waals surface area (Å²) in [5.74, 6) is -0.145. The predicted octanol–water partition coefficient (Wildman–Crippen LogP) is 4.94. The maximum absolute atomic E-state index is 14.4. The van der Waals surface area contributed by atoms with Gasteiger partial charge in [-0.1, -0.05) is 84.9 Å². The summed E-state index contributed by atoms with van der Waals surface area (Å²) < 4.78 is 5.28. The summed E-state index contributed by atoms with van der Waals surface area (Å²) in [7, 11) is 6.52. The minimum atomic E-state index is -1.21. The molecule has 0 spiro atoms. The summed E-state index contributed by atoms with van der Waals surface area (Å²) in [4.78, 5) is 45.1. The molecule has 0 saturated carbocycles. The number of methoxy groups -OCH3 is 1. The normalized spacial score (nSPS) is 12.5. The van der Waals surface area contributed by atoms with Gasteiger partial charge in [0, 0.05) is 39.2 Å². The lowest BCUT2D eigenvalue weighted by atomic mass is 9.77. The molecule has 3 amide bonds. The monoisotopic (exact) mass is 606 g/mol. The number of benzene rings is 4. The van der Waals surface area contributed by atoms with Gasteiger partial charge in [-0.05, 0) is 53.4 Å². The van der Waals surface area contributed by atoms with Crippen molar-refractivity contribution in [2.75, 3.05) is 28.3 Å². The van der Waals surface area contributed by atoms with E-state index in [4.69, 9.17) is 10.5 Å². The van der Waals surface area contributed by atoms with Gasteiger partial charge in [0.25, 0.3) is 5.91 Å².